The summed E-state index contributed by atoms with van der Waals surface area (Å²) in [5, 5.41) is 12.4. The lowest BCUT2D eigenvalue weighted by atomic mass is 9.89. The smallest absolute Gasteiger partial charge is 0.123 e. The third-order valence-corrected chi connectivity index (χ3v) is 3.16. The molecule has 0 saturated carbocycles. The molecule has 0 aromatic heterocycles. The van der Waals surface area contributed by atoms with Gasteiger partial charge in [0.25, 0.3) is 0 Å². The van der Waals surface area contributed by atoms with Gasteiger partial charge in [0, 0.05) is 31.3 Å². The number of rotatable bonds is 5. The van der Waals surface area contributed by atoms with Gasteiger partial charge in [0.1, 0.15) is 5.75 Å². The minimum absolute atomic E-state index is 0.649. The molecule has 0 saturated heterocycles. The fourth-order valence-corrected chi connectivity index (χ4v) is 2.29. The molecule has 1 aromatic carbocycles. The molecule has 2 rings (SSSR count). The largest absolute Gasteiger partial charge is 0.493 e. The van der Waals surface area contributed by atoms with E-state index < -0.39 is 0 Å². The molecule has 0 aliphatic heterocycles. The fourth-order valence-electron chi connectivity index (χ4n) is 2.29. The van der Waals surface area contributed by atoms with Crippen LogP contribution in [-0.2, 0) is 11.2 Å². The highest BCUT2D eigenvalue weighted by Crippen LogP contribution is 2.29. The van der Waals surface area contributed by atoms with Gasteiger partial charge >= 0.3 is 0 Å². The summed E-state index contributed by atoms with van der Waals surface area (Å²) >= 11 is 0. The SMILES string of the molecule is COCCCOc1cccc2c1CCCC2=NO. The van der Waals surface area contributed by atoms with E-state index in [0.717, 1.165) is 48.3 Å². The van der Waals surface area contributed by atoms with Crippen molar-refractivity contribution in [3.05, 3.63) is 29.3 Å². The summed E-state index contributed by atoms with van der Waals surface area (Å²) in [4.78, 5) is 0. The van der Waals surface area contributed by atoms with Crippen molar-refractivity contribution in [1.82, 2.24) is 0 Å². The Bertz CT molecular complexity index is 429. The first kappa shape index (κ1) is 12.9. The Hall–Kier alpha value is -1.55. The molecule has 0 unspecified atom stereocenters. The molecule has 0 atom stereocenters. The van der Waals surface area contributed by atoms with Gasteiger partial charge in [-0.1, -0.05) is 17.3 Å². The molecule has 1 aliphatic rings. The van der Waals surface area contributed by atoms with E-state index in [2.05, 4.69) is 5.16 Å². The van der Waals surface area contributed by atoms with Gasteiger partial charge in [0.15, 0.2) is 0 Å². The highest BCUT2D eigenvalue weighted by Gasteiger charge is 2.19. The first-order chi connectivity index (χ1) is 8.86. The first-order valence-electron chi connectivity index (χ1n) is 6.31. The third kappa shape index (κ3) is 2.82. The Labute approximate surface area is 107 Å². The lowest BCUT2D eigenvalue weighted by Crippen LogP contribution is -2.14. The van der Waals surface area contributed by atoms with E-state index >= 15 is 0 Å². The number of hydrogen-bond acceptors (Lipinski definition) is 4. The number of benzene rings is 1. The number of methoxy groups -OCH3 is 1. The van der Waals surface area contributed by atoms with Crippen LogP contribution in [-0.4, -0.2) is 31.2 Å². The Morgan fingerprint density at radius 1 is 1.28 bits per heavy atom. The van der Waals surface area contributed by atoms with Crippen molar-refractivity contribution < 1.29 is 14.7 Å². The minimum atomic E-state index is 0.649. The van der Waals surface area contributed by atoms with Crippen molar-refractivity contribution in [3.8, 4) is 5.75 Å². The molecule has 0 amide bonds. The average Bonchev–Trinajstić information content (AvgIpc) is 2.43. The van der Waals surface area contributed by atoms with Crippen LogP contribution in [0.5, 0.6) is 5.75 Å². The van der Waals surface area contributed by atoms with Gasteiger partial charge < -0.3 is 14.7 Å². The maximum absolute atomic E-state index is 9.01. The highest BCUT2D eigenvalue weighted by molar-refractivity contribution is 6.02. The van der Waals surface area contributed by atoms with E-state index in [1.165, 1.54) is 0 Å². The zero-order valence-corrected chi connectivity index (χ0v) is 10.7. The highest BCUT2D eigenvalue weighted by atomic mass is 16.5. The summed E-state index contributed by atoms with van der Waals surface area (Å²) in [5.41, 5.74) is 2.94. The van der Waals surface area contributed by atoms with E-state index in [1.807, 2.05) is 18.2 Å². The van der Waals surface area contributed by atoms with Crippen LogP contribution in [0.25, 0.3) is 0 Å². The maximum atomic E-state index is 9.01. The molecule has 4 nitrogen and oxygen atoms in total. The zero-order chi connectivity index (χ0) is 12.8. The minimum Gasteiger partial charge on any atom is -0.493 e. The maximum Gasteiger partial charge on any atom is 0.123 e. The topological polar surface area (TPSA) is 51.0 Å². The van der Waals surface area contributed by atoms with E-state index in [1.54, 1.807) is 7.11 Å². The standard InChI is InChI=1S/C14H19NO3/c1-17-9-4-10-18-14-8-3-5-11-12(14)6-2-7-13(11)15-16/h3,5,8,16H,2,4,6-7,9-10H2,1H3. The van der Waals surface area contributed by atoms with E-state index in [-0.39, 0.29) is 0 Å². The molecule has 0 radical (unpaired) electrons. The van der Waals surface area contributed by atoms with Crippen LogP contribution in [0.2, 0.25) is 0 Å². The van der Waals surface area contributed by atoms with Crippen LogP contribution < -0.4 is 4.74 Å². The van der Waals surface area contributed by atoms with Gasteiger partial charge in [0.2, 0.25) is 0 Å². The molecule has 98 valence electrons. The van der Waals surface area contributed by atoms with Crippen molar-refractivity contribution in [2.75, 3.05) is 20.3 Å². The lowest BCUT2D eigenvalue weighted by Gasteiger charge is -2.20. The second kappa shape index (κ2) is 6.40. The molecule has 0 fully saturated rings. The Balaban J connectivity index is 2.12. The summed E-state index contributed by atoms with van der Waals surface area (Å²) in [7, 11) is 1.69. The van der Waals surface area contributed by atoms with Gasteiger partial charge in [-0.25, -0.2) is 0 Å². The number of fused-ring (bicyclic) bond motifs is 1. The number of hydrogen-bond donors (Lipinski definition) is 1. The van der Waals surface area contributed by atoms with Gasteiger partial charge in [-0.2, -0.15) is 0 Å². The monoisotopic (exact) mass is 249 g/mol. The summed E-state index contributed by atoms with van der Waals surface area (Å²) in [5.74, 6) is 0.907. The van der Waals surface area contributed by atoms with Crippen molar-refractivity contribution in [2.45, 2.75) is 25.7 Å². The molecule has 4 heteroatoms. The van der Waals surface area contributed by atoms with Crippen molar-refractivity contribution in [1.29, 1.82) is 0 Å². The summed E-state index contributed by atoms with van der Waals surface area (Å²) in [6.45, 7) is 1.36. The molecule has 0 bridgehead atoms. The van der Waals surface area contributed by atoms with Crippen molar-refractivity contribution in [2.24, 2.45) is 5.16 Å². The number of oxime groups is 1. The second-order valence-corrected chi connectivity index (χ2v) is 4.38. The second-order valence-electron chi connectivity index (χ2n) is 4.38. The molecule has 0 spiro atoms. The van der Waals surface area contributed by atoms with Crippen LogP contribution in [0.3, 0.4) is 0 Å². The molecule has 1 N–H and O–H groups in total. The van der Waals surface area contributed by atoms with Crippen molar-refractivity contribution in [3.63, 3.8) is 0 Å². The number of ether oxygens (including phenoxy) is 2. The van der Waals surface area contributed by atoms with Crippen LogP contribution in [0.1, 0.15) is 30.4 Å². The molecule has 0 heterocycles. The first-order valence-corrected chi connectivity index (χ1v) is 6.31. The van der Waals surface area contributed by atoms with E-state index in [0.29, 0.717) is 13.2 Å². The molecule has 1 aromatic rings. The van der Waals surface area contributed by atoms with Gasteiger partial charge in [0.05, 0.1) is 12.3 Å². The van der Waals surface area contributed by atoms with Gasteiger partial charge in [-0.05, 0) is 25.3 Å². The van der Waals surface area contributed by atoms with Crippen LogP contribution in [0, 0.1) is 0 Å². The third-order valence-electron chi connectivity index (χ3n) is 3.16. The molecular weight excluding hydrogens is 230 g/mol. The normalized spacial score (nSPS) is 16.6. The Kier molecular flexibility index (Phi) is 4.59. The van der Waals surface area contributed by atoms with Gasteiger partial charge in [-0.15, -0.1) is 0 Å². The van der Waals surface area contributed by atoms with Crippen LogP contribution in [0.4, 0.5) is 0 Å². The number of nitrogens with zero attached hydrogens (tertiary/aromatic N) is 1. The fraction of sp³-hybridized carbons (Fsp3) is 0.500. The molecular formula is C14H19NO3. The van der Waals surface area contributed by atoms with Crippen LogP contribution >= 0.6 is 0 Å². The quantitative estimate of drug-likeness (QED) is 0.496. The van der Waals surface area contributed by atoms with Crippen molar-refractivity contribution >= 4 is 5.71 Å². The van der Waals surface area contributed by atoms with Gasteiger partial charge in [-0.3, -0.25) is 0 Å². The summed E-state index contributed by atoms with van der Waals surface area (Å²) in [6, 6.07) is 5.92. The zero-order valence-electron chi connectivity index (χ0n) is 10.7. The van der Waals surface area contributed by atoms with E-state index in [4.69, 9.17) is 14.7 Å². The summed E-state index contributed by atoms with van der Waals surface area (Å²) < 4.78 is 10.8. The Morgan fingerprint density at radius 3 is 2.94 bits per heavy atom. The van der Waals surface area contributed by atoms with E-state index in [9.17, 15) is 0 Å². The summed E-state index contributed by atoms with van der Waals surface area (Å²) in [6.07, 6.45) is 3.69. The molecule has 18 heavy (non-hydrogen) atoms. The molecule has 1 aliphatic carbocycles. The predicted octanol–water partition coefficient (Wildman–Crippen LogP) is 2.62. The Morgan fingerprint density at radius 2 is 2.17 bits per heavy atom. The lowest BCUT2D eigenvalue weighted by molar-refractivity contribution is 0.171. The predicted molar refractivity (Wildman–Crippen MR) is 69.7 cm³/mol. The average molecular weight is 249 g/mol. The van der Waals surface area contributed by atoms with Crippen LogP contribution in [0.15, 0.2) is 23.4 Å².